The topological polar surface area (TPSA) is 39.6 Å². The molecule has 102 valence electrons. The lowest BCUT2D eigenvalue weighted by atomic mass is 10.1. The fourth-order valence-corrected chi connectivity index (χ4v) is 3.41. The molecule has 0 bridgehead atoms. The average molecular weight is 269 g/mol. The smallest absolute Gasteiger partial charge is 0.185 e. The average Bonchev–Trinajstić information content (AvgIpc) is 2.66. The second-order valence-corrected chi connectivity index (χ2v) is 6.32. The molecule has 1 aromatic heterocycles. The van der Waals surface area contributed by atoms with Crippen LogP contribution in [0.1, 0.15) is 36.8 Å². The van der Waals surface area contributed by atoms with Gasteiger partial charge in [-0.05, 0) is 25.9 Å². The molecule has 1 fully saturated rings. The fraction of sp³-hybridized carbons (Fsp3) is 0.769. The van der Waals surface area contributed by atoms with Crippen molar-refractivity contribution in [1.29, 1.82) is 0 Å². The SMILES string of the molecule is CC(C)c1nc(N2CCCN(C)CC2)sc1CO. The minimum absolute atomic E-state index is 0.110. The van der Waals surface area contributed by atoms with Gasteiger partial charge in [0.2, 0.25) is 0 Å². The van der Waals surface area contributed by atoms with E-state index in [4.69, 9.17) is 4.98 Å². The molecule has 0 spiro atoms. The van der Waals surface area contributed by atoms with Gasteiger partial charge in [0.1, 0.15) is 0 Å². The highest BCUT2D eigenvalue weighted by atomic mass is 32.1. The molecular weight excluding hydrogens is 246 g/mol. The van der Waals surface area contributed by atoms with Gasteiger partial charge in [-0.3, -0.25) is 0 Å². The van der Waals surface area contributed by atoms with Crippen LogP contribution >= 0.6 is 11.3 Å². The first kappa shape index (κ1) is 13.8. The quantitative estimate of drug-likeness (QED) is 0.910. The summed E-state index contributed by atoms with van der Waals surface area (Å²) in [6.07, 6.45) is 1.18. The molecule has 18 heavy (non-hydrogen) atoms. The van der Waals surface area contributed by atoms with Gasteiger partial charge >= 0.3 is 0 Å². The third kappa shape index (κ3) is 3.02. The molecule has 2 heterocycles. The molecule has 2 rings (SSSR count). The molecule has 0 amide bonds. The number of anilines is 1. The highest BCUT2D eigenvalue weighted by Gasteiger charge is 2.19. The van der Waals surface area contributed by atoms with Crippen LogP contribution < -0.4 is 4.90 Å². The lowest BCUT2D eigenvalue weighted by Gasteiger charge is -2.19. The minimum atomic E-state index is 0.110. The summed E-state index contributed by atoms with van der Waals surface area (Å²) in [7, 11) is 2.17. The fourth-order valence-electron chi connectivity index (χ4n) is 2.29. The molecule has 1 N–H and O–H groups in total. The molecule has 5 heteroatoms. The normalized spacial score (nSPS) is 18.4. The summed E-state index contributed by atoms with van der Waals surface area (Å²) >= 11 is 1.65. The van der Waals surface area contributed by atoms with Crippen molar-refractivity contribution in [3.05, 3.63) is 10.6 Å². The molecule has 0 unspecified atom stereocenters. The van der Waals surface area contributed by atoms with Gasteiger partial charge in [-0.1, -0.05) is 25.2 Å². The van der Waals surface area contributed by atoms with E-state index in [0.717, 1.165) is 41.9 Å². The summed E-state index contributed by atoms with van der Waals surface area (Å²) < 4.78 is 0. The van der Waals surface area contributed by atoms with E-state index in [0.29, 0.717) is 5.92 Å². The van der Waals surface area contributed by atoms with Crippen LogP contribution in [0.4, 0.5) is 5.13 Å². The van der Waals surface area contributed by atoms with Crippen molar-refractivity contribution < 1.29 is 5.11 Å². The Bertz CT molecular complexity index is 392. The van der Waals surface area contributed by atoms with E-state index < -0.39 is 0 Å². The van der Waals surface area contributed by atoms with E-state index in [1.165, 1.54) is 6.42 Å². The van der Waals surface area contributed by atoms with Crippen molar-refractivity contribution in [2.45, 2.75) is 32.8 Å². The highest BCUT2D eigenvalue weighted by Crippen LogP contribution is 2.31. The third-order valence-electron chi connectivity index (χ3n) is 3.40. The monoisotopic (exact) mass is 269 g/mol. The van der Waals surface area contributed by atoms with Gasteiger partial charge in [0.25, 0.3) is 0 Å². The Hall–Kier alpha value is -0.650. The Kier molecular flexibility index (Phi) is 4.59. The van der Waals surface area contributed by atoms with E-state index >= 15 is 0 Å². The first-order chi connectivity index (χ1) is 8.61. The second-order valence-electron chi connectivity index (χ2n) is 5.26. The summed E-state index contributed by atoms with van der Waals surface area (Å²) in [4.78, 5) is 10.5. The van der Waals surface area contributed by atoms with Crippen LogP contribution in [-0.2, 0) is 6.61 Å². The Morgan fingerprint density at radius 3 is 2.67 bits per heavy atom. The maximum absolute atomic E-state index is 9.42. The van der Waals surface area contributed by atoms with Crippen molar-refractivity contribution in [3.8, 4) is 0 Å². The number of likely N-dealkylation sites (N-methyl/N-ethyl adjacent to an activating group) is 1. The van der Waals surface area contributed by atoms with Gasteiger partial charge in [-0.25, -0.2) is 4.98 Å². The maximum Gasteiger partial charge on any atom is 0.185 e. The molecule has 1 aromatic rings. The van der Waals surface area contributed by atoms with Crippen molar-refractivity contribution in [2.75, 3.05) is 38.1 Å². The third-order valence-corrected chi connectivity index (χ3v) is 4.51. The molecule has 0 saturated carbocycles. The number of hydrogen-bond donors (Lipinski definition) is 1. The number of nitrogens with zero attached hydrogens (tertiary/aromatic N) is 3. The van der Waals surface area contributed by atoms with Gasteiger partial charge in [-0.2, -0.15) is 0 Å². The predicted octanol–water partition coefficient (Wildman–Crippen LogP) is 1.90. The number of aliphatic hydroxyl groups is 1. The van der Waals surface area contributed by atoms with Crippen molar-refractivity contribution >= 4 is 16.5 Å². The Morgan fingerprint density at radius 2 is 2.06 bits per heavy atom. The van der Waals surface area contributed by atoms with Gasteiger partial charge in [0.05, 0.1) is 17.2 Å². The van der Waals surface area contributed by atoms with Crippen LogP contribution in [0.2, 0.25) is 0 Å². The molecular formula is C13H23N3OS. The Balaban J connectivity index is 2.17. The lowest BCUT2D eigenvalue weighted by molar-refractivity contribution is 0.283. The standard InChI is InChI=1S/C13H23N3OS/c1-10(2)12-11(9-17)18-13(14-12)16-6-4-5-15(3)7-8-16/h10,17H,4-9H2,1-3H3. The minimum Gasteiger partial charge on any atom is -0.391 e. The largest absolute Gasteiger partial charge is 0.391 e. The van der Waals surface area contributed by atoms with Crippen molar-refractivity contribution in [1.82, 2.24) is 9.88 Å². The molecule has 4 nitrogen and oxygen atoms in total. The number of aromatic nitrogens is 1. The zero-order valence-corrected chi connectivity index (χ0v) is 12.3. The van der Waals surface area contributed by atoms with Crippen LogP contribution in [0, 0.1) is 0 Å². The number of rotatable bonds is 3. The van der Waals surface area contributed by atoms with E-state index in [1.54, 1.807) is 11.3 Å². The highest BCUT2D eigenvalue weighted by molar-refractivity contribution is 7.15. The van der Waals surface area contributed by atoms with Crippen LogP contribution in [0.3, 0.4) is 0 Å². The summed E-state index contributed by atoms with van der Waals surface area (Å²) in [6, 6.07) is 0. The zero-order chi connectivity index (χ0) is 13.1. The van der Waals surface area contributed by atoms with E-state index in [9.17, 15) is 5.11 Å². The number of thiazole rings is 1. The van der Waals surface area contributed by atoms with E-state index in [2.05, 4.69) is 30.7 Å². The summed E-state index contributed by atoms with van der Waals surface area (Å²) in [5.41, 5.74) is 1.06. The summed E-state index contributed by atoms with van der Waals surface area (Å²) in [5, 5.41) is 10.5. The van der Waals surface area contributed by atoms with Crippen molar-refractivity contribution in [3.63, 3.8) is 0 Å². The number of aliphatic hydroxyl groups excluding tert-OH is 1. The van der Waals surface area contributed by atoms with E-state index in [-0.39, 0.29) is 6.61 Å². The predicted molar refractivity (Wildman–Crippen MR) is 76.5 cm³/mol. The van der Waals surface area contributed by atoms with E-state index in [1.807, 2.05) is 0 Å². The molecule has 1 saturated heterocycles. The van der Waals surface area contributed by atoms with Gasteiger partial charge in [0.15, 0.2) is 5.13 Å². The van der Waals surface area contributed by atoms with Gasteiger partial charge in [0, 0.05) is 19.6 Å². The lowest BCUT2D eigenvalue weighted by Crippen LogP contribution is -2.28. The zero-order valence-electron chi connectivity index (χ0n) is 11.5. The van der Waals surface area contributed by atoms with Crippen LogP contribution in [0.5, 0.6) is 0 Å². The Labute approximate surface area is 113 Å². The molecule has 1 aliphatic heterocycles. The van der Waals surface area contributed by atoms with Crippen molar-refractivity contribution in [2.24, 2.45) is 0 Å². The molecule has 1 aliphatic rings. The molecule has 0 aromatic carbocycles. The maximum atomic E-state index is 9.42. The molecule has 0 atom stereocenters. The van der Waals surface area contributed by atoms with Crippen LogP contribution in [-0.4, -0.2) is 48.2 Å². The first-order valence-corrected chi connectivity index (χ1v) is 7.47. The Morgan fingerprint density at radius 1 is 1.28 bits per heavy atom. The van der Waals surface area contributed by atoms with Gasteiger partial charge < -0.3 is 14.9 Å². The molecule has 0 radical (unpaired) electrons. The second kappa shape index (κ2) is 5.99. The van der Waals surface area contributed by atoms with Crippen LogP contribution in [0.15, 0.2) is 0 Å². The molecule has 0 aliphatic carbocycles. The summed E-state index contributed by atoms with van der Waals surface area (Å²) in [5.74, 6) is 0.381. The van der Waals surface area contributed by atoms with Gasteiger partial charge in [-0.15, -0.1) is 0 Å². The summed E-state index contributed by atoms with van der Waals surface area (Å²) in [6.45, 7) is 8.73. The number of hydrogen-bond acceptors (Lipinski definition) is 5. The van der Waals surface area contributed by atoms with Crippen LogP contribution in [0.25, 0.3) is 0 Å². The first-order valence-electron chi connectivity index (χ1n) is 6.65.